The maximum Gasteiger partial charge on any atom is 0.276 e. The molecule has 0 aromatic heterocycles. The molecule has 7 heteroatoms. The van der Waals surface area contributed by atoms with Gasteiger partial charge in [-0.15, -0.1) is 0 Å². The summed E-state index contributed by atoms with van der Waals surface area (Å²) >= 11 is 0. The third-order valence-electron chi connectivity index (χ3n) is 3.16. The van der Waals surface area contributed by atoms with Crippen molar-refractivity contribution in [2.45, 2.75) is 25.7 Å². The second-order valence-corrected chi connectivity index (χ2v) is 10.00. The molecule has 1 aromatic rings. The van der Waals surface area contributed by atoms with Gasteiger partial charge in [-0.1, -0.05) is 31.5 Å². The van der Waals surface area contributed by atoms with Crippen LogP contribution in [-0.4, -0.2) is 33.1 Å². The van der Waals surface area contributed by atoms with E-state index in [1.165, 1.54) is 18.3 Å². The Morgan fingerprint density at radius 2 is 1.75 bits per heavy atom. The molecule has 0 heterocycles. The zero-order valence-electron chi connectivity index (χ0n) is 12.0. The molecule has 0 radical (unpaired) electrons. The molecule has 5 nitrogen and oxygen atoms in total. The lowest BCUT2D eigenvalue weighted by Crippen LogP contribution is -2.18. The van der Waals surface area contributed by atoms with Crippen molar-refractivity contribution >= 4 is 23.4 Å². The van der Waals surface area contributed by atoms with Gasteiger partial charge in [-0.3, -0.25) is 0 Å². The summed E-state index contributed by atoms with van der Waals surface area (Å²) in [5.41, 5.74) is 0.985. The average Bonchev–Trinajstić information content (AvgIpc) is 2.44. The molecule has 0 saturated heterocycles. The fourth-order valence-corrected chi connectivity index (χ4v) is 3.70. The summed E-state index contributed by atoms with van der Waals surface area (Å²) in [6, 6.07) is 6.49. The number of aryl methyl sites for hydroxylation is 1. The molecule has 20 heavy (non-hydrogen) atoms. The van der Waals surface area contributed by atoms with Crippen molar-refractivity contribution in [3.8, 4) is 0 Å². The Morgan fingerprint density at radius 1 is 1.20 bits per heavy atom. The van der Waals surface area contributed by atoms with Gasteiger partial charge in [0.15, 0.2) is 0 Å². The van der Waals surface area contributed by atoms with Crippen LogP contribution >= 0.6 is 7.14 Å². The number of hydrogen-bond donors (Lipinski definition) is 1. The standard InChI is InChI=1S/C13H21N2O3PS/c1-4-19(16,5-2)11-10-14-15-20(17,18)13-8-6-12(3)7-9-13/h6-10,15H,4-5,11H2,1-3H3. The first-order valence-electron chi connectivity index (χ1n) is 6.50. The quantitative estimate of drug-likeness (QED) is 0.477. The molecule has 0 aliphatic rings. The second-order valence-electron chi connectivity index (χ2n) is 4.59. The van der Waals surface area contributed by atoms with Crippen LogP contribution < -0.4 is 4.83 Å². The number of sulfonamides is 1. The van der Waals surface area contributed by atoms with Gasteiger partial charge in [0.1, 0.15) is 0 Å². The molecule has 0 aliphatic heterocycles. The normalized spacial score (nSPS) is 12.8. The van der Waals surface area contributed by atoms with Gasteiger partial charge < -0.3 is 4.57 Å². The minimum Gasteiger partial charge on any atom is -0.323 e. The fraction of sp³-hybridized carbons (Fsp3) is 0.462. The van der Waals surface area contributed by atoms with Crippen LogP contribution in [-0.2, 0) is 14.6 Å². The maximum atomic E-state index is 12.1. The molecule has 0 amide bonds. The van der Waals surface area contributed by atoms with Crippen LogP contribution in [0, 0.1) is 6.92 Å². The summed E-state index contributed by atoms with van der Waals surface area (Å²) in [4.78, 5) is 2.30. The average molecular weight is 316 g/mol. The second kappa shape index (κ2) is 7.04. The van der Waals surface area contributed by atoms with E-state index in [-0.39, 0.29) is 4.90 Å². The third kappa shape index (κ3) is 4.76. The van der Waals surface area contributed by atoms with E-state index in [0.717, 1.165) is 5.56 Å². The first-order chi connectivity index (χ1) is 9.33. The predicted octanol–water partition coefficient (Wildman–Crippen LogP) is 2.66. The van der Waals surface area contributed by atoms with Crippen LogP contribution in [0.3, 0.4) is 0 Å². The SMILES string of the molecule is CCP(=O)(CC)CC=NNS(=O)(=O)c1ccc(C)cc1. The van der Waals surface area contributed by atoms with Crippen LogP contribution in [0.4, 0.5) is 0 Å². The number of nitrogens with zero attached hydrogens (tertiary/aromatic N) is 1. The molecule has 0 unspecified atom stereocenters. The Labute approximate surface area is 120 Å². The molecule has 0 bridgehead atoms. The van der Waals surface area contributed by atoms with E-state index in [4.69, 9.17) is 0 Å². The summed E-state index contributed by atoms with van der Waals surface area (Å²) in [7, 11) is -5.87. The Morgan fingerprint density at radius 3 is 2.25 bits per heavy atom. The van der Waals surface area contributed by atoms with Gasteiger partial charge in [-0.05, 0) is 31.4 Å². The molecule has 1 aromatic carbocycles. The molecular weight excluding hydrogens is 295 g/mol. The highest BCUT2D eigenvalue weighted by Gasteiger charge is 2.15. The summed E-state index contributed by atoms with van der Waals surface area (Å²) in [5, 5.41) is 3.69. The van der Waals surface area contributed by atoms with Crippen molar-refractivity contribution in [2.24, 2.45) is 5.10 Å². The Kier molecular flexibility index (Phi) is 5.96. The van der Waals surface area contributed by atoms with Crippen molar-refractivity contribution in [3.63, 3.8) is 0 Å². The van der Waals surface area contributed by atoms with Gasteiger partial charge in [0, 0.05) is 12.4 Å². The van der Waals surface area contributed by atoms with Crippen molar-refractivity contribution < 1.29 is 13.0 Å². The van der Waals surface area contributed by atoms with Gasteiger partial charge in [0.2, 0.25) is 0 Å². The lowest BCUT2D eigenvalue weighted by molar-refractivity contribution is 0.578. The van der Waals surface area contributed by atoms with E-state index >= 15 is 0 Å². The van der Waals surface area contributed by atoms with E-state index in [1.54, 1.807) is 12.1 Å². The number of nitrogens with one attached hydrogen (secondary N) is 1. The zero-order valence-corrected chi connectivity index (χ0v) is 13.7. The molecular formula is C13H21N2O3PS. The van der Waals surface area contributed by atoms with Crippen LogP contribution in [0.5, 0.6) is 0 Å². The van der Waals surface area contributed by atoms with Crippen molar-refractivity contribution in [1.82, 2.24) is 4.83 Å². The van der Waals surface area contributed by atoms with Crippen molar-refractivity contribution in [2.75, 3.05) is 18.5 Å². The Balaban J connectivity index is 2.69. The monoisotopic (exact) mass is 316 g/mol. The van der Waals surface area contributed by atoms with E-state index in [1.807, 2.05) is 20.8 Å². The molecule has 1 N–H and O–H groups in total. The summed E-state index contributed by atoms with van der Waals surface area (Å²) < 4.78 is 35.9. The zero-order chi connectivity index (χ0) is 15.2. The smallest absolute Gasteiger partial charge is 0.276 e. The molecule has 0 saturated carbocycles. The summed E-state index contributed by atoms with van der Waals surface area (Å²) in [5.74, 6) is 0. The first-order valence-corrected chi connectivity index (χ1v) is 10.2. The van der Waals surface area contributed by atoms with Crippen molar-refractivity contribution in [1.29, 1.82) is 0 Å². The van der Waals surface area contributed by atoms with Crippen LogP contribution in [0.25, 0.3) is 0 Å². The van der Waals surface area contributed by atoms with Gasteiger partial charge in [-0.2, -0.15) is 13.5 Å². The van der Waals surface area contributed by atoms with E-state index < -0.39 is 17.2 Å². The lowest BCUT2D eigenvalue weighted by Gasteiger charge is -2.10. The summed E-state index contributed by atoms with van der Waals surface area (Å²) in [6.45, 7) is 5.62. The maximum absolute atomic E-state index is 12.1. The molecule has 0 aliphatic carbocycles. The topological polar surface area (TPSA) is 75.6 Å². The van der Waals surface area contributed by atoms with E-state index in [2.05, 4.69) is 9.93 Å². The first kappa shape index (κ1) is 16.9. The number of hydrogen-bond acceptors (Lipinski definition) is 4. The molecule has 112 valence electrons. The van der Waals surface area contributed by atoms with Gasteiger partial charge in [-0.25, -0.2) is 4.83 Å². The van der Waals surface area contributed by atoms with Gasteiger partial charge >= 0.3 is 0 Å². The van der Waals surface area contributed by atoms with Crippen LogP contribution in [0.2, 0.25) is 0 Å². The molecule has 0 atom stereocenters. The van der Waals surface area contributed by atoms with Crippen LogP contribution in [0.1, 0.15) is 19.4 Å². The van der Waals surface area contributed by atoms with E-state index in [9.17, 15) is 13.0 Å². The highest BCUT2D eigenvalue weighted by atomic mass is 32.2. The lowest BCUT2D eigenvalue weighted by atomic mass is 10.2. The Bertz CT molecular complexity index is 601. The Hall–Kier alpha value is -1.13. The largest absolute Gasteiger partial charge is 0.323 e. The van der Waals surface area contributed by atoms with Crippen molar-refractivity contribution in [3.05, 3.63) is 29.8 Å². The minimum atomic E-state index is -3.65. The molecule has 0 fully saturated rings. The van der Waals surface area contributed by atoms with E-state index in [0.29, 0.717) is 18.5 Å². The van der Waals surface area contributed by atoms with Gasteiger partial charge in [0.25, 0.3) is 10.0 Å². The predicted molar refractivity (Wildman–Crippen MR) is 83.5 cm³/mol. The molecule has 1 rings (SSSR count). The molecule has 0 spiro atoms. The number of rotatable bonds is 7. The third-order valence-corrected chi connectivity index (χ3v) is 7.54. The number of benzene rings is 1. The highest BCUT2D eigenvalue weighted by Crippen LogP contribution is 2.43. The highest BCUT2D eigenvalue weighted by molar-refractivity contribution is 7.89. The number of hydrazone groups is 1. The summed E-state index contributed by atoms with van der Waals surface area (Å²) in [6.07, 6.45) is 2.90. The fourth-order valence-electron chi connectivity index (χ4n) is 1.55. The van der Waals surface area contributed by atoms with Crippen LogP contribution in [0.15, 0.2) is 34.3 Å². The minimum absolute atomic E-state index is 0.161. The van der Waals surface area contributed by atoms with Gasteiger partial charge in [0.05, 0.1) is 12.0 Å².